The fraction of sp³-hybridized carbons (Fsp3) is 0.345. The predicted octanol–water partition coefficient (Wildman–Crippen LogP) is 6.50. The summed E-state index contributed by atoms with van der Waals surface area (Å²) in [4.78, 5) is 14.5. The molecule has 0 heterocycles. The van der Waals surface area contributed by atoms with Crippen molar-refractivity contribution in [3.8, 4) is 0 Å². The average molecular weight is 448 g/mol. The molecule has 0 saturated heterocycles. The third-order valence-corrected chi connectivity index (χ3v) is 6.39. The Kier molecular flexibility index (Phi) is 9.20. The van der Waals surface area contributed by atoms with Crippen LogP contribution in [0.2, 0.25) is 0 Å². The number of aliphatic hydroxyl groups excluding tert-OH is 1. The van der Waals surface area contributed by atoms with Crippen molar-refractivity contribution in [1.82, 2.24) is 0 Å². The molecule has 1 amide bonds. The minimum absolute atomic E-state index is 0.0342. The van der Waals surface area contributed by atoms with Crippen molar-refractivity contribution in [2.75, 3.05) is 18.1 Å². The number of carbonyl (C=O) groups excluding carboxylic acids is 1. The number of hydrogen-bond acceptors (Lipinski definition) is 2. The number of anilines is 1. The zero-order chi connectivity index (χ0) is 23.5. The van der Waals surface area contributed by atoms with Crippen LogP contribution in [0.5, 0.6) is 0 Å². The minimum atomic E-state index is -0.307. The summed E-state index contributed by atoms with van der Waals surface area (Å²) in [6, 6.07) is 27.2. The smallest absolute Gasteiger partial charge is 0.226 e. The van der Waals surface area contributed by atoms with Gasteiger partial charge in [0, 0.05) is 30.7 Å². The van der Waals surface area contributed by atoms with Crippen molar-refractivity contribution in [2.24, 2.45) is 0 Å². The maximum Gasteiger partial charge on any atom is 0.226 e. The topological polar surface area (TPSA) is 40.5 Å². The SMILES string of the molecule is CCC(=O)N(CCCC(CCCCO)(c1ccccc1)c1ccccc1)c1ccc(F)cc1. The molecule has 0 spiro atoms. The first kappa shape index (κ1) is 24.7. The first-order chi connectivity index (χ1) is 16.1. The van der Waals surface area contributed by atoms with E-state index in [2.05, 4.69) is 48.5 Å². The molecule has 0 aliphatic heterocycles. The molecule has 0 atom stereocenters. The molecule has 33 heavy (non-hydrogen) atoms. The van der Waals surface area contributed by atoms with Crippen molar-refractivity contribution in [2.45, 2.75) is 50.9 Å². The summed E-state index contributed by atoms with van der Waals surface area (Å²) >= 11 is 0. The van der Waals surface area contributed by atoms with Crippen LogP contribution in [0.1, 0.15) is 56.6 Å². The second-order valence-corrected chi connectivity index (χ2v) is 8.47. The van der Waals surface area contributed by atoms with E-state index in [0.29, 0.717) is 13.0 Å². The molecule has 3 nitrogen and oxygen atoms in total. The van der Waals surface area contributed by atoms with Gasteiger partial charge in [0.05, 0.1) is 0 Å². The molecule has 0 saturated carbocycles. The summed E-state index contributed by atoms with van der Waals surface area (Å²) in [7, 11) is 0. The minimum Gasteiger partial charge on any atom is -0.396 e. The molecule has 0 aromatic heterocycles. The maximum absolute atomic E-state index is 13.4. The molecule has 0 unspecified atom stereocenters. The Morgan fingerprint density at radius 1 is 0.818 bits per heavy atom. The van der Waals surface area contributed by atoms with E-state index in [4.69, 9.17) is 0 Å². The van der Waals surface area contributed by atoms with E-state index in [-0.39, 0.29) is 23.7 Å². The first-order valence-corrected chi connectivity index (χ1v) is 11.9. The van der Waals surface area contributed by atoms with Gasteiger partial charge in [-0.05, 0) is 67.5 Å². The molecule has 3 aromatic carbocycles. The predicted molar refractivity (Wildman–Crippen MR) is 133 cm³/mol. The largest absolute Gasteiger partial charge is 0.396 e. The van der Waals surface area contributed by atoms with Crippen LogP contribution in [0.15, 0.2) is 84.9 Å². The standard InChI is InChI=1S/C29H34FNO2/c1-2-28(33)31(27-18-16-26(30)17-19-27)22-11-21-29(20-9-10-23-32,24-12-5-3-6-13-24)25-14-7-4-8-15-25/h3-8,12-19,32H,2,9-11,20-23H2,1H3. The lowest BCUT2D eigenvalue weighted by atomic mass is 9.68. The van der Waals surface area contributed by atoms with Crippen LogP contribution in [0.3, 0.4) is 0 Å². The zero-order valence-corrected chi connectivity index (χ0v) is 19.4. The van der Waals surface area contributed by atoms with Gasteiger partial charge in [0.25, 0.3) is 0 Å². The van der Waals surface area contributed by atoms with E-state index in [1.807, 2.05) is 19.1 Å². The quantitative estimate of drug-likeness (QED) is 0.322. The fourth-order valence-electron chi connectivity index (χ4n) is 4.67. The van der Waals surface area contributed by atoms with Crippen molar-refractivity contribution < 1.29 is 14.3 Å². The van der Waals surface area contributed by atoms with Crippen LogP contribution in [0.4, 0.5) is 10.1 Å². The van der Waals surface area contributed by atoms with Crippen LogP contribution >= 0.6 is 0 Å². The Hall–Kier alpha value is -2.98. The Bertz CT molecular complexity index is 934. The third kappa shape index (κ3) is 6.29. The van der Waals surface area contributed by atoms with Gasteiger partial charge in [-0.15, -0.1) is 0 Å². The molecule has 4 heteroatoms. The van der Waals surface area contributed by atoms with Gasteiger partial charge in [0.15, 0.2) is 0 Å². The van der Waals surface area contributed by atoms with Crippen molar-refractivity contribution in [3.63, 3.8) is 0 Å². The van der Waals surface area contributed by atoms with Crippen LogP contribution in [-0.2, 0) is 10.2 Å². The van der Waals surface area contributed by atoms with E-state index in [1.165, 1.54) is 23.3 Å². The van der Waals surface area contributed by atoms with Gasteiger partial charge < -0.3 is 10.0 Å². The number of carbonyl (C=O) groups is 1. The Labute approximate surface area is 196 Å². The lowest BCUT2D eigenvalue weighted by Crippen LogP contribution is -2.34. The summed E-state index contributed by atoms with van der Waals surface area (Å²) in [5.74, 6) is -0.273. The van der Waals surface area contributed by atoms with Crippen LogP contribution in [-0.4, -0.2) is 24.2 Å². The fourth-order valence-corrected chi connectivity index (χ4v) is 4.67. The number of unbranched alkanes of at least 4 members (excludes halogenated alkanes) is 1. The number of amides is 1. The Morgan fingerprint density at radius 2 is 1.36 bits per heavy atom. The molecular formula is C29H34FNO2. The normalized spacial score (nSPS) is 11.4. The van der Waals surface area contributed by atoms with Crippen LogP contribution in [0.25, 0.3) is 0 Å². The first-order valence-electron chi connectivity index (χ1n) is 11.9. The van der Waals surface area contributed by atoms with Gasteiger partial charge >= 0.3 is 0 Å². The van der Waals surface area contributed by atoms with Gasteiger partial charge in [-0.2, -0.15) is 0 Å². The second-order valence-electron chi connectivity index (χ2n) is 8.47. The number of hydrogen-bond donors (Lipinski definition) is 1. The monoisotopic (exact) mass is 447 g/mol. The van der Waals surface area contributed by atoms with Gasteiger partial charge in [-0.25, -0.2) is 4.39 Å². The summed E-state index contributed by atoms with van der Waals surface area (Å²) < 4.78 is 13.4. The molecule has 0 bridgehead atoms. The van der Waals surface area contributed by atoms with E-state index < -0.39 is 0 Å². The summed E-state index contributed by atoms with van der Waals surface area (Å²) in [6.07, 6.45) is 4.65. The van der Waals surface area contributed by atoms with E-state index in [9.17, 15) is 14.3 Å². The summed E-state index contributed by atoms with van der Waals surface area (Å²) in [6.45, 7) is 2.61. The molecule has 0 radical (unpaired) electrons. The molecule has 174 valence electrons. The lowest BCUT2D eigenvalue weighted by Gasteiger charge is -2.36. The van der Waals surface area contributed by atoms with Crippen LogP contribution in [0, 0.1) is 5.82 Å². The Morgan fingerprint density at radius 3 is 1.88 bits per heavy atom. The summed E-state index contributed by atoms with van der Waals surface area (Å²) in [5.41, 5.74) is 3.03. The highest BCUT2D eigenvalue weighted by Gasteiger charge is 2.33. The summed E-state index contributed by atoms with van der Waals surface area (Å²) in [5, 5.41) is 9.42. The third-order valence-electron chi connectivity index (χ3n) is 6.39. The number of aliphatic hydroxyl groups is 1. The van der Waals surface area contributed by atoms with E-state index in [1.54, 1.807) is 17.0 Å². The number of halogens is 1. The molecule has 3 aromatic rings. The highest BCUT2D eigenvalue weighted by molar-refractivity contribution is 5.93. The molecule has 1 N–H and O–H groups in total. The zero-order valence-electron chi connectivity index (χ0n) is 19.4. The molecule has 3 rings (SSSR count). The Balaban J connectivity index is 1.90. The number of benzene rings is 3. The second kappa shape index (κ2) is 12.3. The highest BCUT2D eigenvalue weighted by atomic mass is 19.1. The van der Waals surface area contributed by atoms with Gasteiger partial charge in [0.2, 0.25) is 5.91 Å². The number of rotatable bonds is 12. The molecule has 0 fully saturated rings. The molecule has 0 aliphatic rings. The van der Waals surface area contributed by atoms with Gasteiger partial charge in [-0.3, -0.25) is 4.79 Å². The molecular weight excluding hydrogens is 413 g/mol. The van der Waals surface area contributed by atoms with Gasteiger partial charge in [-0.1, -0.05) is 67.6 Å². The van der Waals surface area contributed by atoms with Crippen molar-refractivity contribution >= 4 is 11.6 Å². The van der Waals surface area contributed by atoms with Crippen molar-refractivity contribution in [3.05, 3.63) is 102 Å². The lowest BCUT2D eigenvalue weighted by molar-refractivity contribution is -0.118. The van der Waals surface area contributed by atoms with Crippen LogP contribution < -0.4 is 4.90 Å². The number of nitrogens with zero attached hydrogens (tertiary/aromatic N) is 1. The average Bonchev–Trinajstić information content (AvgIpc) is 2.87. The van der Waals surface area contributed by atoms with Gasteiger partial charge in [0.1, 0.15) is 5.82 Å². The maximum atomic E-state index is 13.4. The molecule has 0 aliphatic carbocycles. The highest BCUT2D eigenvalue weighted by Crippen LogP contribution is 2.41. The van der Waals surface area contributed by atoms with E-state index in [0.717, 1.165) is 37.8 Å². The van der Waals surface area contributed by atoms with Crippen molar-refractivity contribution in [1.29, 1.82) is 0 Å². The van der Waals surface area contributed by atoms with E-state index >= 15 is 0 Å².